The molecule has 0 atom stereocenters. The molecular weight excluding hydrogens is 226 g/mol. The van der Waals surface area contributed by atoms with E-state index in [1.54, 1.807) is 12.3 Å². The molecule has 2 rings (SSSR count). The summed E-state index contributed by atoms with van der Waals surface area (Å²) in [5, 5.41) is 1.56. The number of aldehydes is 1. The zero-order valence-electron chi connectivity index (χ0n) is 8.94. The maximum Gasteiger partial charge on any atom is 0.152 e. The predicted octanol–water partition coefficient (Wildman–Crippen LogP) is 3.10. The van der Waals surface area contributed by atoms with Crippen molar-refractivity contribution in [2.45, 2.75) is 13.7 Å². The van der Waals surface area contributed by atoms with Crippen molar-refractivity contribution in [2.24, 2.45) is 0 Å². The number of hydrogen-bond donors (Lipinski definition) is 0. The van der Waals surface area contributed by atoms with Gasteiger partial charge in [0.25, 0.3) is 0 Å². The number of carbonyl (C=O) groups excluding carboxylic acids is 1. The van der Waals surface area contributed by atoms with Crippen LogP contribution in [0.25, 0.3) is 10.9 Å². The lowest BCUT2D eigenvalue weighted by Gasteiger charge is -2.04. The number of hydrogen-bond acceptors (Lipinski definition) is 2. The van der Waals surface area contributed by atoms with Gasteiger partial charge in [0.1, 0.15) is 6.73 Å². The summed E-state index contributed by atoms with van der Waals surface area (Å²) in [7, 11) is 0. The van der Waals surface area contributed by atoms with Crippen molar-refractivity contribution in [3.63, 3.8) is 0 Å². The summed E-state index contributed by atoms with van der Waals surface area (Å²) in [6, 6.07) is 5.47. The first kappa shape index (κ1) is 11.2. The minimum atomic E-state index is 0.432. The van der Waals surface area contributed by atoms with Crippen LogP contribution in [0.3, 0.4) is 0 Å². The SMILES string of the molecule is CCOCn1cc(C=O)c2ccc(Cl)cc21. The lowest BCUT2D eigenvalue weighted by molar-refractivity contribution is 0.0907. The van der Waals surface area contributed by atoms with E-state index in [1.807, 2.05) is 23.6 Å². The van der Waals surface area contributed by atoms with Gasteiger partial charge in [0, 0.05) is 28.8 Å². The maximum absolute atomic E-state index is 10.9. The molecule has 1 aromatic carbocycles. The quantitative estimate of drug-likeness (QED) is 0.766. The second-order valence-corrected chi connectivity index (χ2v) is 3.89. The molecule has 0 saturated heterocycles. The van der Waals surface area contributed by atoms with Crippen LogP contribution in [0.2, 0.25) is 5.02 Å². The molecule has 0 unspecified atom stereocenters. The van der Waals surface area contributed by atoms with Gasteiger partial charge in [-0.2, -0.15) is 0 Å². The topological polar surface area (TPSA) is 31.2 Å². The summed E-state index contributed by atoms with van der Waals surface area (Å²) in [5.74, 6) is 0. The van der Waals surface area contributed by atoms with Crippen molar-refractivity contribution in [1.82, 2.24) is 4.57 Å². The van der Waals surface area contributed by atoms with Crippen LogP contribution in [0.15, 0.2) is 24.4 Å². The van der Waals surface area contributed by atoms with Crippen LogP contribution in [-0.4, -0.2) is 17.5 Å². The highest BCUT2D eigenvalue weighted by molar-refractivity contribution is 6.31. The van der Waals surface area contributed by atoms with Gasteiger partial charge >= 0.3 is 0 Å². The van der Waals surface area contributed by atoms with E-state index in [9.17, 15) is 4.79 Å². The lowest BCUT2D eigenvalue weighted by Crippen LogP contribution is -2.00. The molecule has 0 N–H and O–H groups in total. The van der Waals surface area contributed by atoms with Gasteiger partial charge in [-0.15, -0.1) is 0 Å². The van der Waals surface area contributed by atoms with Crippen molar-refractivity contribution in [3.05, 3.63) is 35.0 Å². The van der Waals surface area contributed by atoms with Gasteiger partial charge in [0.2, 0.25) is 0 Å². The third kappa shape index (κ3) is 1.96. The molecule has 0 bridgehead atoms. The summed E-state index contributed by atoms with van der Waals surface area (Å²) in [6.07, 6.45) is 2.63. The molecular formula is C12H12ClNO2. The van der Waals surface area contributed by atoms with Crippen molar-refractivity contribution < 1.29 is 9.53 Å². The second kappa shape index (κ2) is 4.68. The number of aromatic nitrogens is 1. The van der Waals surface area contributed by atoms with Crippen LogP contribution < -0.4 is 0 Å². The van der Waals surface area contributed by atoms with E-state index in [-0.39, 0.29) is 0 Å². The molecule has 0 aliphatic rings. The van der Waals surface area contributed by atoms with Crippen molar-refractivity contribution in [1.29, 1.82) is 0 Å². The lowest BCUT2D eigenvalue weighted by atomic mass is 10.2. The van der Waals surface area contributed by atoms with E-state index < -0.39 is 0 Å². The third-order valence-corrected chi connectivity index (χ3v) is 2.67. The van der Waals surface area contributed by atoms with Crippen LogP contribution in [0, 0.1) is 0 Å². The number of halogens is 1. The fraction of sp³-hybridized carbons (Fsp3) is 0.250. The first-order valence-electron chi connectivity index (χ1n) is 5.07. The average molecular weight is 238 g/mol. The monoisotopic (exact) mass is 237 g/mol. The highest BCUT2D eigenvalue weighted by Crippen LogP contribution is 2.23. The summed E-state index contributed by atoms with van der Waals surface area (Å²) in [6.45, 7) is 3.00. The fourth-order valence-corrected chi connectivity index (χ4v) is 1.85. The maximum atomic E-state index is 10.9. The van der Waals surface area contributed by atoms with Gasteiger partial charge in [-0.05, 0) is 19.1 Å². The number of ether oxygens (including phenoxy) is 1. The van der Waals surface area contributed by atoms with Crippen LogP contribution in [0.5, 0.6) is 0 Å². The van der Waals surface area contributed by atoms with Crippen molar-refractivity contribution >= 4 is 28.8 Å². The molecule has 3 nitrogen and oxygen atoms in total. The number of benzene rings is 1. The van der Waals surface area contributed by atoms with E-state index in [4.69, 9.17) is 16.3 Å². The molecule has 2 aromatic rings. The molecule has 4 heteroatoms. The second-order valence-electron chi connectivity index (χ2n) is 3.46. The highest BCUT2D eigenvalue weighted by Gasteiger charge is 2.07. The van der Waals surface area contributed by atoms with E-state index in [0.29, 0.717) is 23.9 Å². The Kier molecular flexibility index (Phi) is 3.27. The molecule has 84 valence electrons. The summed E-state index contributed by atoms with van der Waals surface area (Å²) >= 11 is 5.93. The van der Waals surface area contributed by atoms with E-state index in [2.05, 4.69) is 0 Å². The molecule has 0 fully saturated rings. The highest BCUT2D eigenvalue weighted by atomic mass is 35.5. The molecule has 0 aliphatic heterocycles. The number of carbonyl (C=O) groups is 1. The van der Waals surface area contributed by atoms with Gasteiger partial charge in [0.15, 0.2) is 6.29 Å². The Morgan fingerprint density at radius 2 is 2.31 bits per heavy atom. The standard InChI is InChI=1S/C12H12ClNO2/c1-2-16-8-14-6-9(7-15)11-4-3-10(13)5-12(11)14/h3-7H,2,8H2,1H3. The van der Waals surface area contributed by atoms with E-state index in [0.717, 1.165) is 17.2 Å². The predicted molar refractivity (Wildman–Crippen MR) is 64.0 cm³/mol. The van der Waals surface area contributed by atoms with E-state index >= 15 is 0 Å². The molecule has 0 amide bonds. The van der Waals surface area contributed by atoms with Gasteiger partial charge < -0.3 is 9.30 Å². The van der Waals surface area contributed by atoms with Crippen LogP contribution in [-0.2, 0) is 11.5 Å². The average Bonchev–Trinajstić information content (AvgIpc) is 2.64. The Balaban J connectivity index is 2.55. The Bertz CT molecular complexity index is 519. The molecule has 0 saturated carbocycles. The van der Waals surface area contributed by atoms with Gasteiger partial charge in [0.05, 0.1) is 5.52 Å². The van der Waals surface area contributed by atoms with Gasteiger partial charge in [-0.25, -0.2) is 0 Å². The smallest absolute Gasteiger partial charge is 0.152 e. The molecule has 16 heavy (non-hydrogen) atoms. The van der Waals surface area contributed by atoms with Gasteiger partial charge in [-0.1, -0.05) is 17.7 Å². The van der Waals surface area contributed by atoms with Gasteiger partial charge in [-0.3, -0.25) is 4.79 Å². The molecule has 0 radical (unpaired) electrons. The normalized spacial score (nSPS) is 10.9. The fourth-order valence-electron chi connectivity index (χ4n) is 1.68. The number of rotatable bonds is 4. The molecule has 1 heterocycles. The first-order valence-corrected chi connectivity index (χ1v) is 5.45. The van der Waals surface area contributed by atoms with Crippen LogP contribution in [0.1, 0.15) is 17.3 Å². The molecule has 0 aliphatic carbocycles. The van der Waals surface area contributed by atoms with Crippen LogP contribution in [0.4, 0.5) is 0 Å². The van der Waals surface area contributed by atoms with Crippen LogP contribution >= 0.6 is 11.6 Å². The molecule has 0 spiro atoms. The largest absolute Gasteiger partial charge is 0.361 e. The van der Waals surface area contributed by atoms with E-state index in [1.165, 1.54) is 0 Å². The summed E-state index contributed by atoms with van der Waals surface area (Å²) in [5.41, 5.74) is 1.58. The number of nitrogens with zero attached hydrogens (tertiary/aromatic N) is 1. The summed E-state index contributed by atoms with van der Waals surface area (Å²) < 4.78 is 7.21. The Labute approximate surface area is 98.6 Å². The zero-order valence-corrected chi connectivity index (χ0v) is 9.70. The first-order chi connectivity index (χ1) is 7.76. The Morgan fingerprint density at radius 1 is 1.50 bits per heavy atom. The Hall–Kier alpha value is -1.32. The summed E-state index contributed by atoms with van der Waals surface area (Å²) in [4.78, 5) is 10.9. The third-order valence-electron chi connectivity index (χ3n) is 2.44. The minimum Gasteiger partial charge on any atom is -0.361 e. The Morgan fingerprint density at radius 3 is 3.00 bits per heavy atom. The zero-order chi connectivity index (χ0) is 11.5. The van der Waals surface area contributed by atoms with Crippen molar-refractivity contribution in [3.8, 4) is 0 Å². The minimum absolute atomic E-state index is 0.432. The van der Waals surface area contributed by atoms with Crippen molar-refractivity contribution in [2.75, 3.05) is 6.61 Å². The number of fused-ring (bicyclic) bond motifs is 1. The molecule has 1 aromatic heterocycles.